The molecule has 106 valence electrons. The van der Waals surface area contributed by atoms with Crippen LogP contribution in [0.2, 0.25) is 14.4 Å². The number of thiophene rings is 1. The standard InChI is InChI=1S/C10HBrCl3F3N2S/c11-3-2(1-18)6(19-8(3)10(15,16)17)7-4(12)5(13)9(14)20-7/h19H. The van der Waals surface area contributed by atoms with Crippen molar-refractivity contribution in [3.63, 3.8) is 0 Å². The van der Waals surface area contributed by atoms with Crippen LogP contribution in [-0.4, -0.2) is 4.98 Å². The van der Waals surface area contributed by atoms with E-state index in [4.69, 9.17) is 40.1 Å². The van der Waals surface area contributed by atoms with Gasteiger partial charge in [0.05, 0.1) is 30.7 Å². The highest BCUT2D eigenvalue weighted by Gasteiger charge is 2.38. The Hall–Kier alpha value is -0.390. The Bertz CT molecular complexity index is 730. The van der Waals surface area contributed by atoms with Gasteiger partial charge < -0.3 is 4.98 Å². The molecule has 0 unspecified atom stereocenters. The number of halogens is 7. The minimum absolute atomic E-state index is 0.000594. The number of H-pyrrole nitrogens is 1. The molecule has 2 aromatic heterocycles. The second-order valence-electron chi connectivity index (χ2n) is 3.51. The molecule has 10 heteroatoms. The van der Waals surface area contributed by atoms with E-state index in [1.54, 1.807) is 6.07 Å². The van der Waals surface area contributed by atoms with Crippen LogP contribution in [0.1, 0.15) is 11.3 Å². The number of aromatic nitrogens is 1. The van der Waals surface area contributed by atoms with Crippen molar-refractivity contribution in [2.24, 2.45) is 0 Å². The number of hydrogen-bond donors (Lipinski definition) is 1. The predicted molar refractivity (Wildman–Crippen MR) is 76.6 cm³/mol. The van der Waals surface area contributed by atoms with Crippen LogP contribution in [0.25, 0.3) is 10.6 Å². The Labute approximate surface area is 138 Å². The van der Waals surface area contributed by atoms with Crippen molar-refractivity contribution >= 4 is 62.1 Å². The lowest BCUT2D eigenvalue weighted by Crippen LogP contribution is -2.06. The number of alkyl halides is 3. The lowest BCUT2D eigenvalue weighted by atomic mass is 10.2. The van der Waals surface area contributed by atoms with Crippen molar-refractivity contribution in [2.75, 3.05) is 0 Å². The first-order chi connectivity index (χ1) is 9.18. The second-order valence-corrected chi connectivity index (χ2v) is 6.68. The zero-order valence-electron chi connectivity index (χ0n) is 9.00. The van der Waals surface area contributed by atoms with E-state index in [2.05, 4.69) is 20.9 Å². The molecule has 0 spiro atoms. The monoisotopic (exact) mass is 422 g/mol. The average molecular weight is 424 g/mol. The van der Waals surface area contributed by atoms with Crippen LogP contribution < -0.4 is 0 Å². The largest absolute Gasteiger partial charge is 0.432 e. The van der Waals surface area contributed by atoms with E-state index in [-0.39, 0.29) is 35.0 Å². The number of nitriles is 1. The van der Waals surface area contributed by atoms with E-state index in [1.165, 1.54) is 0 Å². The number of aromatic amines is 1. The Morgan fingerprint density at radius 1 is 1.20 bits per heavy atom. The smallest absolute Gasteiger partial charge is 0.348 e. The summed E-state index contributed by atoms with van der Waals surface area (Å²) in [6.45, 7) is 0. The minimum Gasteiger partial charge on any atom is -0.348 e. The summed E-state index contributed by atoms with van der Waals surface area (Å²) in [6.07, 6.45) is -4.64. The number of nitrogens with one attached hydrogen (secondary N) is 1. The highest BCUT2D eigenvalue weighted by molar-refractivity contribution is 9.10. The van der Waals surface area contributed by atoms with E-state index in [0.717, 1.165) is 11.3 Å². The molecule has 0 saturated carbocycles. The van der Waals surface area contributed by atoms with Gasteiger partial charge in [0.2, 0.25) is 0 Å². The van der Waals surface area contributed by atoms with Crippen molar-refractivity contribution in [1.29, 1.82) is 5.26 Å². The zero-order valence-corrected chi connectivity index (χ0v) is 13.7. The molecule has 2 rings (SSSR count). The van der Waals surface area contributed by atoms with Gasteiger partial charge in [0, 0.05) is 0 Å². The quantitative estimate of drug-likeness (QED) is 0.569. The second kappa shape index (κ2) is 5.43. The average Bonchev–Trinajstić information content (AvgIpc) is 2.81. The molecule has 0 aliphatic rings. The Morgan fingerprint density at radius 3 is 2.20 bits per heavy atom. The van der Waals surface area contributed by atoms with Gasteiger partial charge in [-0.05, 0) is 15.9 Å². The van der Waals surface area contributed by atoms with Crippen LogP contribution in [0.3, 0.4) is 0 Å². The Balaban J connectivity index is 2.76. The third kappa shape index (κ3) is 2.55. The van der Waals surface area contributed by atoms with Gasteiger partial charge in [-0.2, -0.15) is 18.4 Å². The maximum absolute atomic E-state index is 12.8. The molecule has 0 amide bonds. The Morgan fingerprint density at radius 2 is 1.80 bits per heavy atom. The van der Waals surface area contributed by atoms with E-state index < -0.39 is 11.9 Å². The van der Waals surface area contributed by atoms with Gasteiger partial charge in [-0.15, -0.1) is 11.3 Å². The van der Waals surface area contributed by atoms with Gasteiger partial charge in [-0.1, -0.05) is 34.8 Å². The van der Waals surface area contributed by atoms with Crippen LogP contribution >= 0.6 is 62.1 Å². The number of nitrogens with zero attached hydrogens (tertiary/aromatic N) is 1. The summed E-state index contributed by atoms with van der Waals surface area (Å²) < 4.78 is 38.2. The first kappa shape index (κ1) is 16.0. The summed E-state index contributed by atoms with van der Waals surface area (Å²) in [5.74, 6) is 0. The SMILES string of the molecule is N#Cc1c(-c2sc(Cl)c(Cl)c2Cl)[nH]c(C(F)(F)F)c1Br. The summed E-state index contributed by atoms with van der Waals surface area (Å²) in [5, 5.41) is 9.07. The molecule has 0 aromatic carbocycles. The first-order valence-corrected chi connectivity index (χ1v) is 7.45. The molecular weight excluding hydrogens is 423 g/mol. The summed E-state index contributed by atoms with van der Waals surface area (Å²) in [7, 11) is 0. The van der Waals surface area contributed by atoms with Crippen LogP contribution in [0.5, 0.6) is 0 Å². The fourth-order valence-corrected chi connectivity index (χ4v) is 3.90. The van der Waals surface area contributed by atoms with Crippen molar-refractivity contribution in [1.82, 2.24) is 4.98 Å². The summed E-state index contributed by atoms with van der Waals surface area (Å²) >= 11 is 21.2. The van der Waals surface area contributed by atoms with Gasteiger partial charge in [-0.3, -0.25) is 0 Å². The van der Waals surface area contributed by atoms with E-state index >= 15 is 0 Å². The lowest BCUT2D eigenvalue weighted by Gasteiger charge is -2.03. The molecule has 2 aromatic rings. The van der Waals surface area contributed by atoms with Gasteiger partial charge >= 0.3 is 6.18 Å². The van der Waals surface area contributed by atoms with Crippen LogP contribution in [0, 0.1) is 11.3 Å². The van der Waals surface area contributed by atoms with Gasteiger partial charge in [-0.25, -0.2) is 0 Å². The molecule has 0 atom stereocenters. The maximum Gasteiger partial charge on any atom is 0.432 e. The van der Waals surface area contributed by atoms with Gasteiger partial charge in [0.15, 0.2) is 0 Å². The molecule has 0 radical (unpaired) electrons. The molecule has 0 saturated heterocycles. The van der Waals surface area contributed by atoms with E-state index in [9.17, 15) is 13.2 Å². The maximum atomic E-state index is 12.8. The third-order valence-corrected chi connectivity index (χ3v) is 5.70. The Kier molecular flexibility index (Phi) is 4.34. The molecule has 0 aliphatic heterocycles. The van der Waals surface area contributed by atoms with Gasteiger partial charge in [0.1, 0.15) is 16.1 Å². The normalized spacial score (nSPS) is 11.7. The van der Waals surface area contributed by atoms with E-state index in [1.807, 2.05) is 0 Å². The van der Waals surface area contributed by atoms with Crippen LogP contribution in [-0.2, 0) is 6.18 Å². The molecule has 2 nitrogen and oxygen atoms in total. The highest BCUT2D eigenvalue weighted by Crippen LogP contribution is 2.49. The van der Waals surface area contributed by atoms with Crippen LogP contribution in [0.4, 0.5) is 13.2 Å². The molecule has 20 heavy (non-hydrogen) atoms. The zero-order chi connectivity index (χ0) is 15.2. The molecule has 0 fully saturated rings. The summed E-state index contributed by atoms with van der Waals surface area (Å²) in [5.41, 5.74) is -1.36. The summed E-state index contributed by atoms with van der Waals surface area (Å²) in [6, 6.07) is 1.69. The van der Waals surface area contributed by atoms with Crippen molar-refractivity contribution in [2.45, 2.75) is 6.18 Å². The molecule has 2 heterocycles. The highest BCUT2D eigenvalue weighted by atomic mass is 79.9. The minimum atomic E-state index is -4.64. The lowest BCUT2D eigenvalue weighted by molar-refractivity contribution is -0.141. The fourth-order valence-electron chi connectivity index (χ4n) is 1.47. The molecular formula is C10HBrCl3F3N2S. The number of hydrogen-bond acceptors (Lipinski definition) is 2. The van der Waals surface area contributed by atoms with Crippen molar-refractivity contribution in [3.8, 4) is 16.6 Å². The van der Waals surface area contributed by atoms with E-state index in [0.29, 0.717) is 0 Å². The van der Waals surface area contributed by atoms with Crippen molar-refractivity contribution in [3.05, 3.63) is 30.1 Å². The van der Waals surface area contributed by atoms with Gasteiger partial charge in [0.25, 0.3) is 0 Å². The van der Waals surface area contributed by atoms with Crippen molar-refractivity contribution < 1.29 is 13.2 Å². The predicted octanol–water partition coefficient (Wildman–Crippen LogP) is 6.36. The van der Waals surface area contributed by atoms with Crippen LogP contribution in [0.15, 0.2) is 4.47 Å². The first-order valence-electron chi connectivity index (χ1n) is 4.70. The number of rotatable bonds is 1. The molecule has 0 aliphatic carbocycles. The molecule has 1 N–H and O–H groups in total. The summed E-state index contributed by atoms with van der Waals surface area (Å²) in [4.78, 5) is 2.33. The third-order valence-electron chi connectivity index (χ3n) is 2.32. The fraction of sp³-hybridized carbons (Fsp3) is 0.100. The topological polar surface area (TPSA) is 39.6 Å². The molecule has 0 bridgehead atoms.